The van der Waals surface area contributed by atoms with Gasteiger partial charge in [-0.2, -0.15) is 0 Å². The Hall–Kier alpha value is -1.32. The van der Waals surface area contributed by atoms with Crippen LogP contribution < -0.4 is 0 Å². The minimum Gasteiger partial charge on any atom is -0.444 e. The van der Waals surface area contributed by atoms with Crippen LogP contribution in [0.25, 0.3) is 0 Å². The van der Waals surface area contributed by atoms with E-state index in [1.807, 2.05) is 31.7 Å². The zero-order valence-corrected chi connectivity index (χ0v) is 14.8. The Balaban J connectivity index is 1.87. The molecule has 0 N–H and O–H groups in total. The molecule has 2 unspecified atom stereocenters. The van der Waals surface area contributed by atoms with Crippen LogP contribution >= 0.6 is 0 Å². The van der Waals surface area contributed by atoms with E-state index >= 15 is 0 Å². The third-order valence-electron chi connectivity index (χ3n) is 4.87. The number of carbonyl (C=O) groups excluding carboxylic acids is 2. The highest BCUT2D eigenvalue weighted by molar-refractivity contribution is 5.81. The largest absolute Gasteiger partial charge is 0.444 e. The van der Waals surface area contributed by atoms with Gasteiger partial charge in [-0.1, -0.05) is 6.08 Å². The van der Waals surface area contributed by atoms with Crippen LogP contribution in [0.3, 0.4) is 0 Å². The van der Waals surface area contributed by atoms with Crippen LogP contribution in [0, 0.1) is 5.92 Å². The normalized spacial score (nSPS) is 26.9. The summed E-state index contributed by atoms with van der Waals surface area (Å²) in [6.07, 6.45) is 8.98. The fourth-order valence-corrected chi connectivity index (χ4v) is 3.84. The molecule has 0 aliphatic carbocycles. The summed E-state index contributed by atoms with van der Waals surface area (Å²) in [5.74, 6) is 0.518. The first kappa shape index (κ1) is 18.0. The minimum atomic E-state index is -0.464. The van der Waals surface area contributed by atoms with Crippen molar-refractivity contribution in [2.45, 2.75) is 89.8 Å². The van der Waals surface area contributed by atoms with Crippen LogP contribution in [-0.4, -0.2) is 34.5 Å². The molecule has 2 rings (SSSR count). The number of ketones is 1. The van der Waals surface area contributed by atoms with Crippen LogP contribution in [0.15, 0.2) is 12.7 Å². The quantitative estimate of drug-likeness (QED) is 0.535. The monoisotopic (exact) mass is 321 g/mol. The lowest BCUT2D eigenvalue weighted by molar-refractivity contribution is -0.125. The molecule has 0 radical (unpaired) electrons. The third kappa shape index (κ3) is 4.82. The Labute approximate surface area is 140 Å². The number of ether oxygens (including phenoxy) is 1. The summed E-state index contributed by atoms with van der Waals surface area (Å²) in [7, 11) is 0. The molecular weight excluding hydrogens is 290 g/mol. The summed E-state index contributed by atoms with van der Waals surface area (Å²) in [5.41, 5.74) is -0.464. The Morgan fingerprint density at radius 3 is 2.30 bits per heavy atom. The van der Waals surface area contributed by atoms with Gasteiger partial charge in [0.25, 0.3) is 0 Å². The maximum absolute atomic E-state index is 12.4. The fraction of sp³-hybridized carbons (Fsp3) is 0.789. The van der Waals surface area contributed by atoms with Gasteiger partial charge in [-0.05, 0) is 65.7 Å². The summed E-state index contributed by atoms with van der Waals surface area (Å²) in [4.78, 5) is 26.7. The van der Waals surface area contributed by atoms with Crippen LogP contribution in [0.1, 0.15) is 72.1 Å². The Kier molecular flexibility index (Phi) is 5.88. The predicted octanol–water partition coefficient (Wildman–Crippen LogP) is 4.48. The Bertz CT molecular complexity index is 438. The van der Waals surface area contributed by atoms with Crippen molar-refractivity contribution in [2.24, 2.45) is 5.92 Å². The Morgan fingerprint density at radius 1 is 1.17 bits per heavy atom. The van der Waals surface area contributed by atoms with E-state index in [0.29, 0.717) is 12.2 Å². The number of amides is 1. The number of nitrogens with zero attached hydrogens (tertiary/aromatic N) is 1. The second-order valence-corrected chi connectivity index (χ2v) is 7.94. The number of hydrogen-bond acceptors (Lipinski definition) is 3. The van der Waals surface area contributed by atoms with E-state index in [9.17, 15) is 9.59 Å². The molecule has 2 atom stereocenters. The van der Waals surface area contributed by atoms with Crippen LogP contribution in [-0.2, 0) is 9.53 Å². The summed E-state index contributed by atoms with van der Waals surface area (Å²) in [6.45, 7) is 9.40. The number of allylic oxidation sites excluding steroid dienone is 1. The molecule has 2 saturated heterocycles. The van der Waals surface area contributed by atoms with Crippen LogP contribution in [0.5, 0.6) is 0 Å². The van der Waals surface area contributed by atoms with Crippen molar-refractivity contribution in [3.05, 3.63) is 12.7 Å². The molecule has 2 fully saturated rings. The van der Waals surface area contributed by atoms with Crippen LogP contribution in [0.2, 0.25) is 0 Å². The van der Waals surface area contributed by atoms with E-state index in [2.05, 4.69) is 6.58 Å². The van der Waals surface area contributed by atoms with E-state index in [4.69, 9.17) is 4.74 Å². The van der Waals surface area contributed by atoms with Crippen molar-refractivity contribution in [1.82, 2.24) is 4.90 Å². The lowest BCUT2D eigenvalue weighted by atomic mass is 9.85. The van der Waals surface area contributed by atoms with Crippen molar-refractivity contribution < 1.29 is 14.3 Å². The summed E-state index contributed by atoms with van der Waals surface area (Å²) in [5, 5.41) is 0. The van der Waals surface area contributed by atoms with Gasteiger partial charge in [-0.3, -0.25) is 4.79 Å². The van der Waals surface area contributed by atoms with Crippen molar-refractivity contribution in [2.75, 3.05) is 0 Å². The SMILES string of the molecule is C=CCCCCC(=O)C1CC2CCC(C1)N2C(=O)OC(C)(C)C. The van der Waals surface area contributed by atoms with Gasteiger partial charge in [0.2, 0.25) is 0 Å². The van der Waals surface area contributed by atoms with Gasteiger partial charge in [0.1, 0.15) is 11.4 Å². The van der Waals surface area contributed by atoms with Gasteiger partial charge in [0, 0.05) is 24.4 Å². The molecule has 0 aromatic heterocycles. The first-order valence-electron chi connectivity index (χ1n) is 8.96. The fourth-order valence-electron chi connectivity index (χ4n) is 3.84. The van der Waals surface area contributed by atoms with Crippen molar-refractivity contribution in [3.8, 4) is 0 Å². The highest BCUT2D eigenvalue weighted by Crippen LogP contribution is 2.40. The van der Waals surface area contributed by atoms with E-state index in [1.54, 1.807) is 0 Å². The molecule has 0 aromatic rings. The van der Waals surface area contributed by atoms with E-state index in [0.717, 1.165) is 44.9 Å². The highest BCUT2D eigenvalue weighted by atomic mass is 16.6. The minimum absolute atomic E-state index is 0.134. The maximum Gasteiger partial charge on any atom is 0.410 e. The summed E-state index contributed by atoms with van der Waals surface area (Å²) >= 11 is 0. The average molecular weight is 321 g/mol. The van der Waals surface area contributed by atoms with Gasteiger partial charge in [0.05, 0.1) is 0 Å². The second kappa shape index (κ2) is 7.50. The molecular formula is C19H31NO3. The summed E-state index contributed by atoms with van der Waals surface area (Å²) in [6, 6.07) is 0.372. The third-order valence-corrected chi connectivity index (χ3v) is 4.87. The maximum atomic E-state index is 12.4. The molecule has 23 heavy (non-hydrogen) atoms. The van der Waals surface area contributed by atoms with Crippen molar-refractivity contribution in [3.63, 3.8) is 0 Å². The number of rotatable bonds is 6. The zero-order chi connectivity index (χ0) is 17.0. The first-order chi connectivity index (χ1) is 10.8. The van der Waals surface area contributed by atoms with Gasteiger partial charge in [0.15, 0.2) is 0 Å². The second-order valence-electron chi connectivity index (χ2n) is 7.94. The standard InChI is InChI=1S/C19H31NO3/c1-5-6-7-8-9-17(21)14-12-15-10-11-16(13-14)20(15)18(22)23-19(2,3)4/h5,14-16H,1,6-13H2,2-4H3. The molecule has 130 valence electrons. The number of carbonyl (C=O) groups is 2. The number of fused-ring (bicyclic) bond motifs is 2. The van der Waals surface area contributed by atoms with Gasteiger partial charge < -0.3 is 9.64 Å². The number of hydrogen-bond donors (Lipinski definition) is 0. The molecule has 2 heterocycles. The number of unbranched alkanes of at least 4 members (excludes halogenated alkanes) is 2. The van der Waals surface area contributed by atoms with Crippen LogP contribution in [0.4, 0.5) is 4.79 Å². The molecule has 1 amide bonds. The average Bonchev–Trinajstić information content (AvgIpc) is 2.72. The molecule has 2 aliphatic heterocycles. The molecule has 4 nitrogen and oxygen atoms in total. The lowest BCUT2D eigenvalue weighted by Crippen LogP contribution is -2.49. The number of piperidine rings is 1. The molecule has 4 heteroatoms. The van der Waals surface area contributed by atoms with E-state index in [-0.39, 0.29) is 24.1 Å². The van der Waals surface area contributed by atoms with E-state index < -0.39 is 5.60 Å². The Morgan fingerprint density at radius 2 is 1.78 bits per heavy atom. The summed E-state index contributed by atoms with van der Waals surface area (Å²) < 4.78 is 5.54. The van der Waals surface area contributed by atoms with E-state index in [1.165, 1.54) is 0 Å². The lowest BCUT2D eigenvalue weighted by Gasteiger charge is -2.39. The zero-order valence-electron chi connectivity index (χ0n) is 14.8. The molecule has 0 spiro atoms. The van der Waals surface area contributed by atoms with Gasteiger partial charge in [-0.15, -0.1) is 6.58 Å². The molecule has 2 aliphatic rings. The predicted molar refractivity (Wildman–Crippen MR) is 91.3 cm³/mol. The first-order valence-corrected chi connectivity index (χ1v) is 8.96. The number of Topliss-reactive ketones (excluding diaryl/α,β-unsaturated/α-hetero) is 1. The topological polar surface area (TPSA) is 46.6 Å². The van der Waals surface area contributed by atoms with Gasteiger partial charge in [-0.25, -0.2) is 4.79 Å². The smallest absolute Gasteiger partial charge is 0.410 e. The molecule has 0 saturated carbocycles. The van der Waals surface area contributed by atoms with Crippen molar-refractivity contribution >= 4 is 11.9 Å². The molecule has 2 bridgehead atoms. The van der Waals surface area contributed by atoms with Gasteiger partial charge >= 0.3 is 6.09 Å². The van der Waals surface area contributed by atoms with Crippen molar-refractivity contribution in [1.29, 1.82) is 0 Å². The highest BCUT2D eigenvalue weighted by Gasteiger charge is 2.46. The molecule has 0 aromatic carbocycles.